The summed E-state index contributed by atoms with van der Waals surface area (Å²) in [5.74, 6) is -3.46. The Labute approximate surface area is 212 Å². The van der Waals surface area contributed by atoms with Gasteiger partial charge in [0, 0.05) is 38.7 Å². The molecule has 2 aromatic rings. The normalized spacial score (nSPS) is 12.1. The molecule has 2 atom stereocenters. The van der Waals surface area contributed by atoms with E-state index in [1.165, 1.54) is 43.8 Å². The maximum atomic E-state index is 12.9. The van der Waals surface area contributed by atoms with Gasteiger partial charge in [-0.15, -0.1) is 0 Å². The summed E-state index contributed by atoms with van der Waals surface area (Å²) in [6.45, 7) is 3.48. The average Bonchev–Trinajstić information content (AvgIpc) is 2.79. The van der Waals surface area contributed by atoms with Crippen molar-refractivity contribution in [1.29, 1.82) is 0 Å². The van der Waals surface area contributed by atoms with Crippen molar-refractivity contribution in [3.8, 4) is 11.5 Å². The van der Waals surface area contributed by atoms with Crippen LogP contribution in [0.5, 0.6) is 11.5 Å². The molecule has 0 aliphatic carbocycles. The number of hydrogen-bond acceptors (Lipinski definition) is 9. The van der Waals surface area contributed by atoms with Gasteiger partial charge in [0.15, 0.2) is 17.6 Å². The van der Waals surface area contributed by atoms with E-state index in [-0.39, 0.29) is 23.7 Å². The molecule has 192 valence electrons. The van der Waals surface area contributed by atoms with E-state index in [1.54, 1.807) is 0 Å². The van der Waals surface area contributed by atoms with Crippen molar-refractivity contribution in [3.63, 3.8) is 0 Å². The number of carbonyl (C=O) groups excluding carboxylic acids is 4. The standard InChI is InChI=1S/C25H27NO9S/c1-15(27)33-21-10-9-19(11-22(21)34-16(2)28)12-23(35-17(3)29)24(30)26-20(25(31)32)14-36-13-18-7-5-4-6-8-18/h4-11,20,23H,12-14H2,1-3H3,(H,26,30)(H,31,32)/t20-,23?/m0/s1. The number of carbonyl (C=O) groups is 5. The van der Waals surface area contributed by atoms with Crippen LogP contribution < -0.4 is 14.8 Å². The maximum Gasteiger partial charge on any atom is 0.327 e. The number of aliphatic carboxylic acids is 1. The zero-order valence-electron chi connectivity index (χ0n) is 20.0. The Hall–Kier alpha value is -3.86. The molecular formula is C25H27NO9S. The Morgan fingerprint density at radius 2 is 1.50 bits per heavy atom. The fourth-order valence-electron chi connectivity index (χ4n) is 3.06. The highest BCUT2D eigenvalue weighted by Gasteiger charge is 2.28. The lowest BCUT2D eigenvalue weighted by molar-refractivity contribution is -0.154. The molecule has 0 bridgehead atoms. The summed E-state index contributed by atoms with van der Waals surface area (Å²) in [6, 6.07) is 12.5. The van der Waals surface area contributed by atoms with E-state index in [0.717, 1.165) is 12.5 Å². The van der Waals surface area contributed by atoms with Gasteiger partial charge in [0.1, 0.15) is 6.04 Å². The Morgan fingerprint density at radius 3 is 2.08 bits per heavy atom. The number of rotatable bonds is 12. The second-order valence-corrected chi connectivity index (χ2v) is 8.70. The van der Waals surface area contributed by atoms with Crippen LogP contribution in [0.2, 0.25) is 0 Å². The average molecular weight is 518 g/mol. The van der Waals surface area contributed by atoms with Crippen molar-refractivity contribution in [3.05, 3.63) is 59.7 Å². The van der Waals surface area contributed by atoms with Crippen LogP contribution in [0.3, 0.4) is 0 Å². The number of amides is 1. The second-order valence-electron chi connectivity index (χ2n) is 7.67. The molecular weight excluding hydrogens is 490 g/mol. The van der Waals surface area contributed by atoms with Gasteiger partial charge >= 0.3 is 23.9 Å². The van der Waals surface area contributed by atoms with E-state index in [0.29, 0.717) is 11.3 Å². The molecule has 0 saturated heterocycles. The van der Waals surface area contributed by atoms with E-state index in [9.17, 15) is 29.1 Å². The highest BCUT2D eigenvalue weighted by Crippen LogP contribution is 2.29. The maximum absolute atomic E-state index is 12.9. The van der Waals surface area contributed by atoms with Crippen molar-refractivity contribution in [2.75, 3.05) is 5.75 Å². The van der Waals surface area contributed by atoms with Gasteiger partial charge in [-0.05, 0) is 23.3 Å². The van der Waals surface area contributed by atoms with Crippen LogP contribution in [0.15, 0.2) is 48.5 Å². The first-order valence-electron chi connectivity index (χ1n) is 10.9. The van der Waals surface area contributed by atoms with Crippen LogP contribution in [0.25, 0.3) is 0 Å². The molecule has 0 aromatic heterocycles. The monoisotopic (exact) mass is 517 g/mol. The van der Waals surface area contributed by atoms with Crippen LogP contribution in [-0.4, -0.2) is 52.8 Å². The number of ether oxygens (including phenoxy) is 3. The summed E-state index contributed by atoms with van der Waals surface area (Å²) < 4.78 is 15.2. The van der Waals surface area contributed by atoms with E-state index in [4.69, 9.17) is 14.2 Å². The topological polar surface area (TPSA) is 145 Å². The lowest BCUT2D eigenvalue weighted by Crippen LogP contribution is -2.48. The summed E-state index contributed by atoms with van der Waals surface area (Å²) in [7, 11) is 0. The first-order valence-corrected chi connectivity index (χ1v) is 12.0. The van der Waals surface area contributed by atoms with E-state index in [2.05, 4.69) is 5.32 Å². The summed E-state index contributed by atoms with van der Waals surface area (Å²) >= 11 is 1.34. The quantitative estimate of drug-likeness (QED) is 0.318. The number of carboxylic acids is 1. The number of carboxylic acid groups (broad SMARTS) is 1. The van der Waals surface area contributed by atoms with Gasteiger partial charge in [-0.2, -0.15) is 11.8 Å². The minimum absolute atomic E-state index is 0.00341. The molecule has 0 radical (unpaired) electrons. The minimum atomic E-state index is -1.35. The molecule has 2 aromatic carbocycles. The lowest BCUT2D eigenvalue weighted by atomic mass is 10.1. The summed E-state index contributed by atoms with van der Waals surface area (Å²) in [4.78, 5) is 59.0. The predicted octanol–water partition coefficient (Wildman–Crippen LogP) is 2.51. The van der Waals surface area contributed by atoms with Gasteiger partial charge in [0.05, 0.1) is 0 Å². The van der Waals surface area contributed by atoms with Crippen LogP contribution in [-0.2, 0) is 40.9 Å². The number of esters is 3. The Balaban J connectivity index is 2.14. The van der Waals surface area contributed by atoms with E-state index < -0.39 is 41.9 Å². The highest BCUT2D eigenvalue weighted by molar-refractivity contribution is 7.98. The van der Waals surface area contributed by atoms with Gasteiger partial charge in [-0.25, -0.2) is 4.79 Å². The Kier molecular flexibility index (Phi) is 10.9. The van der Waals surface area contributed by atoms with Gasteiger partial charge in [0.2, 0.25) is 0 Å². The van der Waals surface area contributed by atoms with Crippen molar-refractivity contribution >= 4 is 41.5 Å². The van der Waals surface area contributed by atoms with Crippen LogP contribution in [0.4, 0.5) is 0 Å². The van der Waals surface area contributed by atoms with Crippen LogP contribution in [0, 0.1) is 0 Å². The zero-order chi connectivity index (χ0) is 26.7. The number of benzene rings is 2. The lowest BCUT2D eigenvalue weighted by Gasteiger charge is -2.21. The number of hydrogen-bond donors (Lipinski definition) is 2. The van der Waals surface area contributed by atoms with Crippen molar-refractivity contribution in [2.45, 2.75) is 45.1 Å². The molecule has 0 aliphatic heterocycles. The molecule has 2 N–H and O–H groups in total. The third kappa shape index (κ3) is 9.79. The highest BCUT2D eigenvalue weighted by atomic mass is 32.2. The van der Waals surface area contributed by atoms with Crippen molar-refractivity contribution < 1.29 is 43.3 Å². The fourth-order valence-corrected chi connectivity index (χ4v) is 4.07. The second kappa shape index (κ2) is 13.9. The summed E-state index contributed by atoms with van der Waals surface area (Å²) in [5, 5.41) is 12.0. The molecule has 2 rings (SSSR count). The molecule has 0 fully saturated rings. The third-order valence-electron chi connectivity index (χ3n) is 4.55. The van der Waals surface area contributed by atoms with Gasteiger partial charge in [0.25, 0.3) is 5.91 Å². The van der Waals surface area contributed by atoms with E-state index >= 15 is 0 Å². The van der Waals surface area contributed by atoms with Gasteiger partial charge in [-0.3, -0.25) is 19.2 Å². The van der Waals surface area contributed by atoms with Gasteiger partial charge in [-0.1, -0.05) is 36.4 Å². The SMILES string of the molecule is CC(=O)Oc1ccc(CC(OC(C)=O)C(=O)N[C@@H](CSCc2ccccc2)C(=O)O)cc1OC(C)=O. The van der Waals surface area contributed by atoms with Crippen molar-refractivity contribution in [1.82, 2.24) is 5.32 Å². The largest absolute Gasteiger partial charge is 0.480 e. The molecule has 0 heterocycles. The minimum Gasteiger partial charge on any atom is -0.480 e. The number of thioether (sulfide) groups is 1. The molecule has 36 heavy (non-hydrogen) atoms. The van der Waals surface area contributed by atoms with Crippen LogP contribution >= 0.6 is 11.8 Å². The first-order chi connectivity index (χ1) is 17.0. The predicted molar refractivity (Wildman–Crippen MR) is 130 cm³/mol. The molecule has 11 heteroatoms. The summed E-state index contributed by atoms with van der Waals surface area (Å²) in [6.07, 6.45) is -1.50. The molecule has 10 nitrogen and oxygen atoms in total. The first kappa shape index (κ1) is 28.4. The van der Waals surface area contributed by atoms with Crippen molar-refractivity contribution in [2.24, 2.45) is 0 Å². The van der Waals surface area contributed by atoms with Crippen LogP contribution in [0.1, 0.15) is 31.9 Å². The fraction of sp³-hybridized carbons (Fsp3) is 0.320. The zero-order valence-corrected chi connectivity index (χ0v) is 20.8. The van der Waals surface area contributed by atoms with Gasteiger partial charge < -0.3 is 24.6 Å². The molecule has 0 saturated carbocycles. The Bertz CT molecular complexity index is 1100. The van der Waals surface area contributed by atoms with E-state index in [1.807, 2.05) is 30.3 Å². The molecule has 1 unspecified atom stereocenters. The molecule has 0 spiro atoms. The molecule has 0 aliphatic rings. The molecule has 1 amide bonds. The number of nitrogens with one attached hydrogen (secondary N) is 1. The summed E-state index contributed by atoms with van der Waals surface area (Å²) in [5.41, 5.74) is 1.42. The smallest absolute Gasteiger partial charge is 0.327 e. The third-order valence-corrected chi connectivity index (χ3v) is 5.65. The Morgan fingerprint density at radius 1 is 0.861 bits per heavy atom.